The molecule has 0 aliphatic rings. The number of alkyl carbamates (subject to hydrolysis) is 1. The third-order valence-corrected chi connectivity index (χ3v) is 3.07. The maximum Gasteiger partial charge on any atom is 0.407 e. The Hall–Kier alpha value is -2.35. The van der Waals surface area contributed by atoms with Crippen molar-refractivity contribution in [3.8, 4) is 5.88 Å². The molecule has 0 bridgehead atoms. The van der Waals surface area contributed by atoms with Gasteiger partial charge < -0.3 is 24.8 Å². The Morgan fingerprint density at radius 3 is 2.54 bits per heavy atom. The summed E-state index contributed by atoms with van der Waals surface area (Å²) >= 11 is 0. The van der Waals surface area contributed by atoms with Crippen LogP contribution in [0.15, 0.2) is 18.3 Å². The van der Waals surface area contributed by atoms with E-state index in [0.29, 0.717) is 45.0 Å². The highest BCUT2D eigenvalue weighted by atomic mass is 16.6. The highest BCUT2D eigenvalue weighted by Gasteiger charge is 2.15. The lowest BCUT2D eigenvalue weighted by Crippen LogP contribution is -2.33. The smallest absolute Gasteiger partial charge is 0.407 e. The summed E-state index contributed by atoms with van der Waals surface area (Å²) in [6.45, 7) is 7.12. The van der Waals surface area contributed by atoms with Gasteiger partial charge in [-0.25, -0.2) is 9.78 Å². The van der Waals surface area contributed by atoms with E-state index in [4.69, 9.17) is 14.2 Å². The van der Waals surface area contributed by atoms with Crippen molar-refractivity contribution in [2.45, 2.75) is 45.8 Å². The van der Waals surface area contributed by atoms with Crippen LogP contribution >= 0.6 is 0 Å². The minimum absolute atomic E-state index is 0.0867. The molecule has 146 valence electrons. The molecule has 0 aliphatic carbocycles. The number of carbonyl (C=O) groups is 2. The molecule has 1 rings (SSSR count). The van der Waals surface area contributed by atoms with E-state index in [-0.39, 0.29) is 5.91 Å². The van der Waals surface area contributed by atoms with Gasteiger partial charge in [0.1, 0.15) is 12.2 Å². The summed E-state index contributed by atoms with van der Waals surface area (Å²) in [4.78, 5) is 27.4. The van der Waals surface area contributed by atoms with Gasteiger partial charge in [-0.05, 0) is 32.8 Å². The standard InChI is InChI=1S/C18H29N3O5/c1-18(2,3)26-17(23)19-9-5-6-15(22)20-12-14-7-8-16(21-13-14)25-11-10-24-4/h7-8,13H,5-6,9-12H2,1-4H3,(H,19,23)(H,20,22). The fourth-order valence-electron chi connectivity index (χ4n) is 1.87. The fourth-order valence-corrected chi connectivity index (χ4v) is 1.87. The Bertz CT molecular complexity index is 555. The van der Waals surface area contributed by atoms with Gasteiger partial charge in [0.25, 0.3) is 0 Å². The van der Waals surface area contributed by atoms with Gasteiger partial charge in [0, 0.05) is 38.9 Å². The average Bonchev–Trinajstić information content (AvgIpc) is 2.57. The number of ether oxygens (including phenoxy) is 3. The van der Waals surface area contributed by atoms with E-state index < -0.39 is 11.7 Å². The third kappa shape index (κ3) is 10.5. The van der Waals surface area contributed by atoms with Crippen LogP contribution in [0.5, 0.6) is 5.88 Å². The Morgan fingerprint density at radius 1 is 1.15 bits per heavy atom. The average molecular weight is 367 g/mol. The number of amides is 2. The number of pyridine rings is 1. The number of carbonyl (C=O) groups excluding carboxylic acids is 2. The number of methoxy groups -OCH3 is 1. The number of nitrogens with zero attached hydrogens (tertiary/aromatic N) is 1. The largest absolute Gasteiger partial charge is 0.475 e. The van der Waals surface area contributed by atoms with Crippen molar-refractivity contribution in [3.05, 3.63) is 23.9 Å². The Kier molecular flexibility index (Phi) is 9.43. The number of nitrogens with one attached hydrogen (secondary N) is 2. The van der Waals surface area contributed by atoms with E-state index in [1.807, 2.05) is 6.07 Å². The molecule has 2 N–H and O–H groups in total. The van der Waals surface area contributed by atoms with Crippen molar-refractivity contribution in [1.29, 1.82) is 0 Å². The van der Waals surface area contributed by atoms with Crippen LogP contribution in [0, 0.1) is 0 Å². The molecule has 0 saturated carbocycles. The van der Waals surface area contributed by atoms with Gasteiger partial charge in [0.2, 0.25) is 11.8 Å². The zero-order valence-corrected chi connectivity index (χ0v) is 16.0. The normalized spacial score (nSPS) is 10.9. The number of rotatable bonds is 10. The maximum absolute atomic E-state index is 11.8. The first-order chi connectivity index (χ1) is 12.3. The molecule has 0 aromatic carbocycles. The molecule has 2 amide bonds. The highest BCUT2D eigenvalue weighted by Crippen LogP contribution is 2.08. The lowest BCUT2D eigenvalue weighted by Gasteiger charge is -2.19. The van der Waals surface area contributed by atoms with Crippen LogP contribution in [0.1, 0.15) is 39.2 Å². The summed E-state index contributed by atoms with van der Waals surface area (Å²) in [6, 6.07) is 3.60. The van der Waals surface area contributed by atoms with E-state index in [9.17, 15) is 9.59 Å². The molecule has 0 unspecified atom stereocenters. The zero-order valence-electron chi connectivity index (χ0n) is 16.0. The van der Waals surface area contributed by atoms with Gasteiger partial charge in [-0.1, -0.05) is 6.07 Å². The summed E-state index contributed by atoms with van der Waals surface area (Å²) in [7, 11) is 1.61. The minimum atomic E-state index is -0.528. The maximum atomic E-state index is 11.8. The van der Waals surface area contributed by atoms with Gasteiger partial charge in [-0.15, -0.1) is 0 Å². The van der Waals surface area contributed by atoms with Gasteiger partial charge in [0.15, 0.2) is 0 Å². The Labute approximate surface area is 154 Å². The summed E-state index contributed by atoms with van der Waals surface area (Å²) in [5, 5.41) is 5.43. The van der Waals surface area contributed by atoms with Crippen molar-refractivity contribution in [2.75, 3.05) is 26.9 Å². The molecule has 1 heterocycles. The van der Waals surface area contributed by atoms with Gasteiger partial charge in [-0.2, -0.15) is 0 Å². The molecule has 0 saturated heterocycles. The van der Waals surface area contributed by atoms with Gasteiger partial charge in [0.05, 0.1) is 6.61 Å². The van der Waals surface area contributed by atoms with Crippen molar-refractivity contribution in [2.24, 2.45) is 0 Å². The molecule has 0 atom stereocenters. The first-order valence-corrected chi connectivity index (χ1v) is 8.60. The van der Waals surface area contributed by atoms with Crippen LogP contribution in [0.25, 0.3) is 0 Å². The molecular weight excluding hydrogens is 338 g/mol. The lowest BCUT2D eigenvalue weighted by molar-refractivity contribution is -0.121. The van der Waals surface area contributed by atoms with Crippen LogP contribution in [0.2, 0.25) is 0 Å². The van der Waals surface area contributed by atoms with Gasteiger partial charge in [-0.3, -0.25) is 4.79 Å². The molecular formula is C18H29N3O5. The molecule has 0 radical (unpaired) electrons. The Morgan fingerprint density at radius 2 is 1.92 bits per heavy atom. The monoisotopic (exact) mass is 367 g/mol. The molecule has 8 heteroatoms. The van der Waals surface area contributed by atoms with Crippen molar-refractivity contribution < 1.29 is 23.8 Å². The van der Waals surface area contributed by atoms with Crippen LogP contribution < -0.4 is 15.4 Å². The topological polar surface area (TPSA) is 98.8 Å². The third-order valence-electron chi connectivity index (χ3n) is 3.07. The van der Waals surface area contributed by atoms with E-state index in [2.05, 4.69) is 15.6 Å². The van der Waals surface area contributed by atoms with E-state index in [1.165, 1.54) is 0 Å². The number of hydrogen-bond acceptors (Lipinski definition) is 6. The lowest BCUT2D eigenvalue weighted by atomic mass is 10.2. The van der Waals surface area contributed by atoms with Gasteiger partial charge >= 0.3 is 6.09 Å². The minimum Gasteiger partial charge on any atom is -0.475 e. The van der Waals surface area contributed by atoms with Crippen LogP contribution in [-0.4, -0.2) is 49.5 Å². The van der Waals surface area contributed by atoms with Crippen molar-refractivity contribution >= 4 is 12.0 Å². The zero-order chi connectivity index (χ0) is 19.4. The summed E-state index contributed by atoms with van der Waals surface area (Å²) < 4.78 is 15.4. The SMILES string of the molecule is COCCOc1ccc(CNC(=O)CCCNC(=O)OC(C)(C)C)cn1. The van der Waals surface area contributed by atoms with Crippen molar-refractivity contribution in [1.82, 2.24) is 15.6 Å². The van der Waals surface area contributed by atoms with Crippen LogP contribution in [0.3, 0.4) is 0 Å². The van der Waals surface area contributed by atoms with Crippen LogP contribution in [0.4, 0.5) is 4.79 Å². The molecule has 26 heavy (non-hydrogen) atoms. The molecule has 1 aromatic rings. The number of aromatic nitrogens is 1. The molecule has 0 spiro atoms. The quantitative estimate of drug-likeness (QED) is 0.614. The molecule has 1 aromatic heterocycles. The second kappa shape index (κ2) is 11.3. The fraction of sp³-hybridized carbons (Fsp3) is 0.611. The van der Waals surface area contributed by atoms with E-state index >= 15 is 0 Å². The van der Waals surface area contributed by atoms with E-state index in [0.717, 1.165) is 5.56 Å². The van der Waals surface area contributed by atoms with Crippen molar-refractivity contribution in [3.63, 3.8) is 0 Å². The van der Waals surface area contributed by atoms with E-state index in [1.54, 1.807) is 40.1 Å². The summed E-state index contributed by atoms with van der Waals surface area (Å²) in [5.74, 6) is 0.432. The highest BCUT2D eigenvalue weighted by molar-refractivity contribution is 5.76. The molecule has 0 aliphatic heterocycles. The first-order valence-electron chi connectivity index (χ1n) is 8.60. The predicted molar refractivity (Wildman–Crippen MR) is 96.9 cm³/mol. The predicted octanol–water partition coefficient (Wildman–Crippen LogP) is 2.03. The number of hydrogen-bond donors (Lipinski definition) is 2. The second-order valence-corrected chi connectivity index (χ2v) is 6.65. The molecule has 8 nitrogen and oxygen atoms in total. The Balaban J connectivity index is 2.17. The first kappa shape index (κ1) is 21.7. The summed E-state index contributed by atoms with van der Waals surface area (Å²) in [6.07, 6.45) is 2.04. The van der Waals surface area contributed by atoms with Crippen LogP contribution in [-0.2, 0) is 20.8 Å². The second-order valence-electron chi connectivity index (χ2n) is 6.65. The summed E-state index contributed by atoms with van der Waals surface area (Å²) in [5.41, 5.74) is 0.351. The molecule has 0 fully saturated rings.